The van der Waals surface area contributed by atoms with E-state index < -0.39 is 5.97 Å². The molecule has 0 radical (unpaired) electrons. The summed E-state index contributed by atoms with van der Waals surface area (Å²) < 4.78 is 0. The molecule has 0 aromatic heterocycles. The first-order valence-electron chi connectivity index (χ1n) is 8.19. The number of benzene rings is 1. The van der Waals surface area contributed by atoms with Crippen LogP contribution in [-0.2, 0) is 0 Å². The quantitative estimate of drug-likeness (QED) is 0.804. The Balaban J connectivity index is 1.70. The van der Waals surface area contributed by atoms with Gasteiger partial charge in [0, 0.05) is 17.6 Å². The van der Waals surface area contributed by atoms with E-state index >= 15 is 0 Å². The van der Waals surface area contributed by atoms with Gasteiger partial charge in [0.1, 0.15) is 0 Å². The number of hydrogen-bond acceptors (Lipinski definition) is 2. The predicted octanol–water partition coefficient (Wildman–Crippen LogP) is 4.19. The van der Waals surface area contributed by atoms with Crippen LogP contribution in [-0.4, -0.2) is 17.1 Å². The molecular weight excluding hydrogens is 274 g/mol. The molecular formula is C19H21NO2. The summed E-state index contributed by atoms with van der Waals surface area (Å²) in [5, 5.41) is 13.0. The normalized spacial score (nSPS) is 32.2. The molecule has 3 nitrogen and oxygen atoms in total. The number of carboxylic acids is 1. The second-order valence-electron chi connectivity index (χ2n) is 6.68. The summed E-state index contributed by atoms with van der Waals surface area (Å²) in [6, 6.07) is 6.01. The lowest BCUT2D eigenvalue weighted by Crippen LogP contribution is -2.41. The summed E-state index contributed by atoms with van der Waals surface area (Å²) in [7, 11) is 0. The summed E-state index contributed by atoms with van der Waals surface area (Å²) in [4.78, 5) is 11.2. The molecule has 1 aliphatic heterocycles. The van der Waals surface area contributed by atoms with Gasteiger partial charge in [-0.2, -0.15) is 0 Å². The number of rotatable bonds is 2. The molecule has 0 spiro atoms. The van der Waals surface area contributed by atoms with Crippen molar-refractivity contribution in [1.82, 2.24) is 0 Å². The summed E-state index contributed by atoms with van der Waals surface area (Å²) >= 11 is 0. The maximum absolute atomic E-state index is 11.2. The van der Waals surface area contributed by atoms with Crippen molar-refractivity contribution in [2.75, 3.05) is 5.32 Å². The van der Waals surface area contributed by atoms with Crippen LogP contribution in [0.15, 0.2) is 42.5 Å². The Morgan fingerprint density at radius 1 is 1.18 bits per heavy atom. The first kappa shape index (κ1) is 13.6. The van der Waals surface area contributed by atoms with E-state index in [0.29, 0.717) is 29.4 Å². The van der Waals surface area contributed by atoms with Gasteiger partial charge in [-0.3, -0.25) is 0 Å². The highest BCUT2D eigenvalue weighted by atomic mass is 16.4. The molecule has 1 aromatic carbocycles. The number of carboxylic acid groups (broad SMARTS) is 1. The van der Waals surface area contributed by atoms with Crippen LogP contribution in [0.4, 0.5) is 5.69 Å². The largest absolute Gasteiger partial charge is 0.478 e. The van der Waals surface area contributed by atoms with Crippen LogP contribution in [0, 0.1) is 11.8 Å². The molecule has 0 amide bonds. The van der Waals surface area contributed by atoms with E-state index in [2.05, 4.69) is 29.6 Å². The highest BCUT2D eigenvalue weighted by Gasteiger charge is 2.40. The van der Waals surface area contributed by atoms with Crippen molar-refractivity contribution >= 4 is 11.7 Å². The van der Waals surface area contributed by atoms with Gasteiger partial charge in [0.15, 0.2) is 0 Å². The zero-order valence-electron chi connectivity index (χ0n) is 12.5. The Kier molecular flexibility index (Phi) is 3.29. The second-order valence-corrected chi connectivity index (χ2v) is 6.68. The number of fused-ring (bicyclic) bond motifs is 3. The van der Waals surface area contributed by atoms with Crippen LogP contribution >= 0.6 is 0 Å². The third-order valence-electron chi connectivity index (χ3n) is 5.47. The van der Waals surface area contributed by atoms with Crippen molar-refractivity contribution in [2.24, 2.45) is 11.8 Å². The number of aromatic carboxylic acids is 1. The van der Waals surface area contributed by atoms with Gasteiger partial charge in [-0.15, -0.1) is 0 Å². The molecule has 3 aliphatic rings. The van der Waals surface area contributed by atoms with E-state index in [1.807, 2.05) is 12.1 Å². The molecule has 22 heavy (non-hydrogen) atoms. The number of nitrogens with one attached hydrogen (secondary N) is 1. The van der Waals surface area contributed by atoms with Crippen molar-refractivity contribution < 1.29 is 9.90 Å². The molecule has 0 bridgehead atoms. The minimum absolute atomic E-state index is 0.367. The maximum atomic E-state index is 11.2. The molecule has 0 saturated heterocycles. The lowest BCUT2D eigenvalue weighted by Gasteiger charge is -2.42. The number of anilines is 1. The van der Waals surface area contributed by atoms with Crippen molar-refractivity contribution in [3.05, 3.63) is 53.6 Å². The van der Waals surface area contributed by atoms with E-state index in [0.717, 1.165) is 24.1 Å². The van der Waals surface area contributed by atoms with Crippen LogP contribution in [0.1, 0.15) is 47.5 Å². The Morgan fingerprint density at radius 3 is 2.86 bits per heavy atom. The minimum Gasteiger partial charge on any atom is -0.478 e. The Hall–Kier alpha value is -2.03. The highest BCUT2D eigenvalue weighted by molar-refractivity contribution is 5.88. The highest BCUT2D eigenvalue weighted by Crippen LogP contribution is 2.47. The fourth-order valence-electron chi connectivity index (χ4n) is 4.38. The molecule has 2 aliphatic carbocycles. The number of carbonyl (C=O) groups is 1. The molecule has 1 heterocycles. The third kappa shape index (κ3) is 2.16. The summed E-state index contributed by atoms with van der Waals surface area (Å²) in [6.45, 7) is 0. The molecule has 0 fully saturated rings. The Morgan fingerprint density at radius 2 is 2.09 bits per heavy atom. The first-order chi connectivity index (χ1) is 10.7. The molecule has 0 saturated carbocycles. The topological polar surface area (TPSA) is 49.3 Å². The summed E-state index contributed by atoms with van der Waals surface area (Å²) in [5.41, 5.74) is 2.66. The fraction of sp³-hybridized carbons (Fsp3) is 0.421. The molecule has 1 aromatic rings. The standard InChI is InChI=1S/C19H21NO2/c21-19(22)13-9-10-17-16(11-13)14-7-4-8-15(14)18(20-17)12-5-2-1-3-6-12/h1-2,4,7,9-12,14-15,18,20H,3,5-6,8H2,(H,21,22)/t12-,14-,15+,18-/m1/s1. The molecule has 2 N–H and O–H groups in total. The minimum atomic E-state index is -0.846. The molecule has 4 atom stereocenters. The monoisotopic (exact) mass is 295 g/mol. The number of hydrogen-bond donors (Lipinski definition) is 2. The smallest absolute Gasteiger partial charge is 0.335 e. The van der Waals surface area contributed by atoms with Gasteiger partial charge in [-0.05, 0) is 61.3 Å². The predicted molar refractivity (Wildman–Crippen MR) is 87.3 cm³/mol. The zero-order valence-corrected chi connectivity index (χ0v) is 12.5. The van der Waals surface area contributed by atoms with Crippen LogP contribution in [0.25, 0.3) is 0 Å². The zero-order chi connectivity index (χ0) is 15.1. The van der Waals surface area contributed by atoms with E-state index in [9.17, 15) is 9.90 Å². The van der Waals surface area contributed by atoms with Crippen LogP contribution < -0.4 is 5.32 Å². The SMILES string of the molecule is O=C(O)c1ccc2c(c1)[C@@H]1C=CC[C@@H]1[C@@H]([C@@H]1CC=CCC1)N2. The van der Waals surface area contributed by atoms with Gasteiger partial charge >= 0.3 is 5.97 Å². The van der Waals surface area contributed by atoms with Crippen molar-refractivity contribution in [2.45, 2.75) is 37.6 Å². The average Bonchev–Trinajstić information content (AvgIpc) is 3.04. The van der Waals surface area contributed by atoms with Crippen molar-refractivity contribution in [1.29, 1.82) is 0 Å². The van der Waals surface area contributed by atoms with Gasteiger partial charge in [-0.25, -0.2) is 4.79 Å². The maximum Gasteiger partial charge on any atom is 0.335 e. The van der Waals surface area contributed by atoms with Crippen LogP contribution in [0.3, 0.4) is 0 Å². The van der Waals surface area contributed by atoms with E-state index in [1.54, 1.807) is 6.07 Å². The van der Waals surface area contributed by atoms with Crippen molar-refractivity contribution in [3.63, 3.8) is 0 Å². The molecule has 3 heteroatoms. The third-order valence-corrected chi connectivity index (χ3v) is 5.47. The van der Waals surface area contributed by atoms with E-state index in [-0.39, 0.29) is 0 Å². The molecule has 114 valence electrons. The van der Waals surface area contributed by atoms with Gasteiger partial charge in [-0.1, -0.05) is 24.3 Å². The first-order valence-corrected chi connectivity index (χ1v) is 8.19. The Labute approximate surface area is 130 Å². The van der Waals surface area contributed by atoms with Gasteiger partial charge < -0.3 is 10.4 Å². The molecule has 0 unspecified atom stereocenters. The van der Waals surface area contributed by atoms with E-state index in [4.69, 9.17) is 0 Å². The number of allylic oxidation sites excluding steroid dienone is 4. The van der Waals surface area contributed by atoms with Gasteiger partial charge in [0.05, 0.1) is 5.56 Å². The molecule has 4 rings (SSSR count). The lowest BCUT2D eigenvalue weighted by atomic mass is 9.72. The van der Waals surface area contributed by atoms with E-state index in [1.165, 1.54) is 12.8 Å². The average molecular weight is 295 g/mol. The van der Waals surface area contributed by atoms with Crippen molar-refractivity contribution in [3.8, 4) is 0 Å². The Bertz CT molecular complexity index is 661. The van der Waals surface area contributed by atoms with Crippen LogP contribution in [0.5, 0.6) is 0 Å². The van der Waals surface area contributed by atoms with Crippen LogP contribution in [0.2, 0.25) is 0 Å². The summed E-state index contributed by atoms with van der Waals surface area (Å²) in [6.07, 6.45) is 13.8. The van der Waals surface area contributed by atoms with Gasteiger partial charge in [0.2, 0.25) is 0 Å². The summed E-state index contributed by atoms with van der Waals surface area (Å²) in [5.74, 6) is 0.769. The second kappa shape index (κ2) is 5.31. The fourth-order valence-corrected chi connectivity index (χ4v) is 4.38. The lowest BCUT2D eigenvalue weighted by molar-refractivity contribution is 0.0696. The van der Waals surface area contributed by atoms with Gasteiger partial charge in [0.25, 0.3) is 0 Å².